The fraction of sp³-hybridized carbons (Fsp3) is 0.625. The molecule has 3 heteroatoms. The number of nitrogens with one attached hydrogen (secondary N) is 1. The highest BCUT2D eigenvalue weighted by Gasteiger charge is 2.01. The van der Waals surface area contributed by atoms with Gasteiger partial charge < -0.3 is 5.32 Å². The number of rotatable bonds is 9. The molecule has 0 radical (unpaired) electrons. The highest BCUT2D eigenvalue weighted by atomic mass is 79.9. The van der Waals surface area contributed by atoms with E-state index in [0.29, 0.717) is 6.54 Å². The van der Waals surface area contributed by atoms with E-state index in [0.717, 1.165) is 22.5 Å². The molecule has 0 aromatic heterocycles. The number of hydrogen-bond donors (Lipinski definition) is 1. The summed E-state index contributed by atoms with van der Waals surface area (Å²) >= 11 is 3.26. The summed E-state index contributed by atoms with van der Waals surface area (Å²) in [5.41, 5.74) is 0.739. The second-order valence-electron chi connectivity index (χ2n) is 5.51. The summed E-state index contributed by atoms with van der Waals surface area (Å²) in [5, 5.41) is 3.31. The lowest BCUT2D eigenvalue weighted by molar-refractivity contribution is 0.510. The summed E-state index contributed by atoms with van der Waals surface area (Å²) in [6.45, 7) is 6.13. The van der Waals surface area contributed by atoms with Crippen molar-refractivity contribution in [3.8, 4) is 0 Å². The van der Waals surface area contributed by atoms with Crippen molar-refractivity contribution in [2.24, 2.45) is 5.92 Å². The van der Waals surface area contributed by atoms with Crippen LogP contribution in [0.25, 0.3) is 0 Å². The van der Waals surface area contributed by atoms with Gasteiger partial charge in [0.05, 0.1) is 0 Å². The monoisotopic (exact) mass is 329 g/mol. The van der Waals surface area contributed by atoms with E-state index in [9.17, 15) is 4.39 Å². The van der Waals surface area contributed by atoms with Crippen molar-refractivity contribution in [1.29, 1.82) is 0 Å². The van der Waals surface area contributed by atoms with Crippen LogP contribution in [-0.2, 0) is 6.54 Å². The molecule has 1 nitrogen and oxygen atoms in total. The average Bonchev–Trinajstić information content (AvgIpc) is 2.34. The maximum Gasteiger partial charge on any atom is 0.128 e. The van der Waals surface area contributed by atoms with Gasteiger partial charge in [-0.15, -0.1) is 0 Å². The molecule has 0 saturated heterocycles. The van der Waals surface area contributed by atoms with Gasteiger partial charge in [0.25, 0.3) is 0 Å². The van der Waals surface area contributed by atoms with Gasteiger partial charge in [0, 0.05) is 16.6 Å². The molecule has 0 bridgehead atoms. The predicted molar refractivity (Wildman–Crippen MR) is 83.7 cm³/mol. The third kappa shape index (κ3) is 7.68. The Balaban J connectivity index is 2.04. The van der Waals surface area contributed by atoms with Crippen LogP contribution in [0.5, 0.6) is 0 Å². The van der Waals surface area contributed by atoms with Crippen LogP contribution in [0.15, 0.2) is 22.7 Å². The molecule has 0 saturated carbocycles. The highest BCUT2D eigenvalue weighted by molar-refractivity contribution is 9.10. The standard InChI is InChI=1S/C16H25BrFN/c1-13(2)7-5-3-4-6-10-19-12-14-8-9-15(17)11-16(14)18/h8-9,11,13,19H,3-7,10,12H2,1-2H3. The number of hydrogen-bond acceptors (Lipinski definition) is 1. The molecule has 0 heterocycles. The van der Waals surface area contributed by atoms with Gasteiger partial charge in [0.15, 0.2) is 0 Å². The Kier molecular flexibility index (Phi) is 8.31. The second-order valence-corrected chi connectivity index (χ2v) is 6.42. The molecular formula is C16H25BrFN. The third-order valence-corrected chi connectivity index (χ3v) is 3.71. The molecule has 1 N–H and O–H groups in total. The zero-order valence-corrected chi connectivity index (χ0v) is 13.6. The van der Waals surface area contributed by atoms with Crippen molar-refractivity contribution in [3.05, 3.63) is 34.1 Å². The maximum absolute atomic E-state index is 13.5. The van der Waals surface area contributed by atoms with Crippen LogP contribution in [0, 0.1) is 11.7 Å². The van der Waals surface area contributed by atoms with Gasteiger partial charge in [-0.1, -0.05) is 61.5 Å². The fourth-order valence-corrected chi connectivity index (χ4v) is 2.38. The van der Waals surface area contributed by atoms with Gasteiger partial charge in [0.1, 0.15) is 5.82 Å². The van der Waals surface area contributed by atoms with Crippen LogP contribution in [0.3, 0.4) is 0 Å². The van der Waals surface area contributed by atoms with Gasteiger partial charge in [-0.3, -0.25) is 0 Å². The van der Waals surface area contributed by atoms with Crippen LogP contribution in [0.2, 0.25) is 0 Å². The van der Waals surface area contributed by atoms with Crippen LogP contribution in [0.1, 0.15) is 51.5 Å². The summed E-state index contributed by atoms with van der Waals surface area (Å²) < 4.78 is 14.3. The Bertz CT molecular complexity index is 366. The molecule has 0 aliphatic heterocycles. The molecule has 0 spiro atoms. The van der Waals surface area contributed by atoms with Crippen molar-refractivity contribution in [3.63, 3.8) is 0 Å². The molecule has 0 fully saturated rings. The number of unbranched alkanes of at least 4 members (excludes halogenated alkanes) is 3. The normalized spacial score (nSPS) is 11.2. The van der Waals surface area contributed by atoms with Crippen molar-refractivity contribution in [1.82, 2.24) is 5.32 Å². The summed E-state index contributed by atoms with van der Waals surface area (Å²) in [5.74, 6) is 0.678. The average molecular weight is 330 g/mol. The molecule has 1 aromatic rings. The van der Waals surface area contributed by atoms with Crippen LogP contribution in [-0.4, -0.2) is 6.54 Å². The lowest BCUT2D eigenvalue weighted by Crippen LogP contribution is -2.15. The first-order valence-electron chi connectivity index (χ1n) is 7.24. The summed E-state index contributed by atoms with van der Waals surface area (Å²) in [6.07, 6.45) is 6.42. The zero-order chi connectivity index (χ0) is 14.1. The minimum absolute atomic E-state index is 0.140. The topological polar surface area (TPSA) is 12.0 Å². The molecule has 0 aliphatic carbocycles. The van der Waals surface area contributed by atoms with E-state index in [4.69, 9.17) is 0 Å². The lowest BCUT2D eigenvalue weighted by atomic mass is 10.0. The molecule has 0 unspecified atom stereocenters. The largest absolute Gasteiger partial charge is 0.313 e. The molecule has 0 atom stereocenters. The van der Waals surface area contributed by atoms with E-state index in [1.165, 1.54) is 38.2 Å². The van der Waals surface area contributed by atoms with Gasteiger partial charge in [-0.05, 0) is 31.0 Å². The van der Waals surface area contributed by atoms with E-state index in [1.54, 1.807) is 0 Å². The fourth-order valence-electron chi connectivity index (χ4n) is 2.04. The Morgan fingerprint density at radius 1 is 1.16 bits per heavy atom. The van der Waals surface area contributed by atoms with Crippen LogP contribution < -0.4 is 5.32 Å². The van der Waals surface area contributed by atoms with Crippen LogP contribution >= 0.6 is 15.9 Å². The minimum atomic E-state index is -0.140. The Labute approximate surface area is 125 Å². The SMILES string of the molecule is CC(C)CCCCCCNCc1ccc(Br)cc1F. The van der Waals surface area contributed by atoms with E-state index in [1.807, 2.05) is 12.1 Å². The van der Waals surface area contributed by atoms with E-state index in [-0.39, 0.29) is 5.82 Å². The third-order valence-electron chi connectivity index (χ3n) is 3.22. The van der Waals surface area contributed by atoms with E-state index < -0.39 is 0 Å². The lowest BCUT2D eigenvalue weighted by Gasteiger charge is -2.07. The summed E-state index contributed by atoms with van der Waals surface area (Å²) in [7, 11) is 0. The van der Waals surface area contributed by atoms with Crippen molar-refractivity contribution in [2.45, 2.75) is 52.5 Å². The summed E-state index contributed by atoms with van der Waals surface area (Å²) in [4.78, 5) is 0. The molecule has 1 aromatic carbocycles. The van der Waals surface area contributed by atoms with Gasteiger partial charge in [-0.25, -0.2) is 4.39 Å². The van der Waals surface area contributed by atoms with Gasteiger partial charge >= 0.3 is 0 Å². The Morgan fingerprint density at radius 3 is 2.58 bits per heavy atom. The first-order chi connectivity index (χ1) is 9.09. The maximum atomic E-state index is 13.5. The van der Waals surface area contributed by atoms with E-state index in [2.05, 4.69) is 35.1 Å². The molecule has 1 rings (SSSR count). The van der Waals surface area contributed by atoms with Crippen molar-refractivity contribution < 1.29 is 4.39 Å². The second kappa shape index (κ2) is 9.49. The van der Waals surface area contributed by atoms with Crippen LogP contribution in [0.4, 0.5) is 4.39 Å². The zero-order valence-electron chi connectivity index (χ0n) is 12.0. The first kappa shape index (κ1) is 16.6. The Hall–Kier alpha value is -0.410. The van der Waals surface area contributed by atoms with Gasteiger partial charge in [-0.2, -0.15) is 0 Å². The smallest absolute Gasteiger partial charge is 0.128 e. The molecule has 19 heavy (non-hydrogen) atoms. The molecule has 108 valence electrons. The summed E-state index contributed by atoms with van der Waals surface area (Å²) in [6, 6.07) is 5.23. The highest BCUT2D eigenvalue weighted by Crippen LogP contribution is 2.15. The Morgan fingerprint density at radius 2 is 1.89 bits per heavy atom. The van der Waals surface area contributed by atoms with Crippen molar-refractivity contribution >= 4 is 15.9 Å². The van der Waals surface area contributed by atoms with Crippen molar-refractivity contribution in [2.75, 3.05) is 6.54 Å². The number of benzene rings is 1. The first-order valence-corrected chi connectivity index (χ1v) is 8.03. The quantitative estimate of drug-likeness (QED) is 0.607. The molecular weight excluding hydrogens is 305 g/mol. The van der Waals surface area contributed by atoms with Gasteiger partial charge in [0.2, 0.25) is 0 Å². The minimum Gasteiger partial charge on any atom is -0.313 e. The molecule has 0 aliphatic rings. The predicted octanol–water partition coefficient (Wildman–Crippen LogP) is 5.28. The van der Waals surface area contributed by atoms with E-state index >= 15 is 0 Å². The molecule has 0 amide bonds. The number of halogens is 2.